The first-order valence-electron chi connectivity index (χ1n) is 5.28. The van der Waals surface area contributed by atoms with E-state index in [4.69, 9.17) is 5.73 Å². The molecular formula is C13H12FNO2S. The van der Waals surface area contributed by atoms with Gasteiger partial charge in [0.15, 0.2) is 0 Å². The van der Waals surface area contributed by atoms with Crippen LogP contribution in [0.2, 0.25) is 0 Å². The highest BCUT2D eigenvalue weighted by Gasteiger charge is 2.20. The zero-order valence-electron chi connectivity index (χ0n) is 9.72. The molecule has 0 aliphatic rings. The summed E-state index contributed by atoms with van der Waals surface area (Å²) in [6, 6.07) is 9.62. The molecule has 5 heteroatoms. The zero-order valence-corrected chi connectivity index (χ0v) is 10.5. The summed E-state index contributed by atoms with van der Waals surface area (Å²) in [6.07, 6.45) is 0. The Labute approximate surface area is 105 Å². The van der Waals surface area contributed by atoms with E-state index in [0.29, 0.717) is 11.3 Å². The van der Waals surface area contributed by atoms with Crippen molar-refractivity contribution in [3.8, 4) is 0 Å². The van der Waals surface area contributed by atoms with E-state index < -0.39 is 15.7 Å². The smallest absolute Gasteiger partial charge is 0.206 e. The number of rotatable bonds is 2. The van der Waals surface area contributed by atoms with E-state index in [2.05, 4.69) is 0 Å². The fourth-order valence-electron chi connectivity index (χ4n) is 1.72. The maximum absolute atomic E-state index is 13.0. The summed E-state index contributed by atoms with van der Waals surface area (Å²) in [5.74, 6) is -0.459. The lowest BCUT2D eigenvalue weighted by molar-refractivity contribution is 0.594. The molecule has 94 valence electrons. The second-order valence-electron chi connectivity index (χ2n) is 3.99. The van der Waals surface area contributed by atoms with E-state index in [-0.39, 0.29) is 9.79 Å². The first-order chi connectivity index (χ1) is 8.41. The monoisotopic (exact) mass is 265 g/mol. The minimum atomic E-state index is -3.66. The Morgan fingerprint density at radius 3 is 2.44 bits per heavy atom. The number of hydrogen-bond donors (Lipinski definition) is 1. The van der Waals surface area contributed by atoms with Crippen LogP contribution >= 0.6 is 0 Å². The Hall–Kier alpha value is -1.88. The molecule has 2 aromatic carbocycles. The molecule has 0 spiro atoms. The van der Waals surface area contributed by atoms with Gasteiger partial charge >= 0.3 is 0 Å². The topological polar surface area (TPSA) is 60.2 Å². The van der Waals surface area contributed by atoms with Crippen LogP contribution < -0.4 is 5.73 Å². The third-order valence-electron chi connectivity index (χ3n) is 2.59. The average Bonchev–Trinajstić information content (AvgIpc) is 2.28. The first kappa shape index (κ1) is 12.6. The lowest BCUT2D eigenvalue weighted by atomic mass is 10.2. The van der Waals surface area contributed by atoms with Crippen LogP contribution in [0, 0.1) is 12.7 Å². The average molecular weight is 265 g/mol. The van der Waals surface area contributed by atoms with Gasteiger partial charge in [0.05, 0.1) is 9.79 Å². The highest BCUT2D eigenvalue weighted by Crippen LogP contribution is 2.25. The van der Waals surface area contributed by atoms with E-state index in [1.807, 2.05) is 0 Å². The summed E-state index contributed by atoms with van der Waals surface area (Å²) in [5, 5.41) is 0. The van der Waals surface area contributed by atoms with Crippen molar-refractivity contribution in [3.63, 3.8) is 0 Å². The predicted octanol–water partition coefficient (Wildman–Crippen LogP) is 2.55. The summed E-state index contributed by atoms with van der Waals surface area (Å²) >= 11 is 0. The molecule has 0 saturated carbocycles. The number of nitrogen functional groups attached to an aromatic ring is 1. The Morgan fingerprint density at radius 1 is 1.11 bits per heavy atom. The maximum Gasteiger partial charge on any atom is 0.206 e. The van der Waals surface area contributed by atoms with Crippen LogP contribution in [0.25, 0.3) is 0 Å². The van der Waals surface area contributed by atoms with Crippen molar-refractivity contribution >= 4 is 15.5 Å². The van der Waals surface area contributed by atoms with Gasteiger partial charge in [-0.3, -0.25) is 0 Å². The number of anilines is 1. The lowest BCUT2D eigenvalue weighted by Crippen LogP contribution is -2.05. The lowest BCUT2D eigenvalue weighted by Gasteiger charge is -2.08. The Kier molecular flexibility index (Phi) is 3.09. The van der Waals surface area contributed by atoms with Gasteiger partial charge in [-0.15, -0.1) is 0 Å². The molecule has 3 nitrogen and oxygen atoms in total. The van der Waals surface area contributed by atoms with Crippen molar-refractivity contribution in [1.29, 1.82) is 0 Å². The molecule has 0 bridgehead atoms. The Bertz CT molecular complexity index is 696. The van der Waals surface area contributed by atoms with Crippen LogP contribution in [-0.4, -0.2) is 8.42 Å². The van der Waals surface area contributed by atoms with Gasteiger partial charge in [0.25, 0.3) is 0 Å². The van der Waals surface area contributed by atoms with Gasteiger partial charge in [0.1, 0.15) is 5.82 Å². The standard InChI is InChI=1S/C13H12FNO2S/c1-9-7-10(14)5-6-13(9)18(16,17)12-4-2-3-11(15)8-12/h2-8H,15H2,1H3. The summed E-state index contributed by atoms with van der Waals surface area (Å²) in [4.78, 5) is 0.201. The van der Waals surface area contributed by atoms with Gasteiger partial charge < -0.3 is 5.73 Å². The number of sulfone groups is 1. The molecule has 0 unspecified atom stereocenters. The molecule has 18 heavy (non-hydrogen) atoms. The van der Waals surface area contributed by atoms with E-state index in [1.54, 1.807) is 19.1 Å². The highest BCUT2D eigenvalue weighted by atomic mass is 32.2. The third kappa shape index (κ3) is 2.22. The molecule has 0 aromatic heterocycles. The number of nitrogens with two attached hydrogens (primary N) is 1. The Morgan fingerprint density at radius 2 is 1.83 bits per heavy atom. The molecule has 0 radical (unpaired) electrons. The number of benzene rings is 2. The van der Waals surface area contributed by atoms with Crippen LogP contribution in [0.4, 0.5) is 10.1 Å². The Balaban J connectivity index is 2.62. The molecule has 2 N–H and O–H groups in total. The van der Waals surface area contributed by atoms with Crippen molar-refractivity contribution in [1.82, 2.24) is 0 Å². The summed E-state index contributed by atoms with van der Waals surface area (Å²) in [6.45, 7) is 1.56. The van der Waals surface area contributed by atoms with E-state index in [9.17, 15) is 12.8 Å². The normalized spacial score (nSPS) is 11.4. The molecule has 0 fully saturated rings. The minimum absolute atomic E-state index is 0.0921. The van der Waals surface area contributed by atoms with Crippen LogP contribution in [0.1, 0.15) is 5.56 Å². The largest absolute Gasteiger partial charge is 0.399 e. The van der Waals surface area contributed by atoms with Gasteiger partial charge in [0.2, 0.25) is 9.84 Å². The van der Waals surface area contributed by atoms with Crippen LogP contribution in [0.15, 0.2) is 52.3 Å². The first-order valence-corrected chi connectivity index (χ1v) is 6.76. The van der Waals surface area contributed by atoms with Gasteiger partial charge in [-0.25, -0.2) is 12.8 Å². The fourth-order valence-corrected chi connectivity index (χ4v) is 3.26. The fraction of sp³-hybridized carbons (Fsp3) is 0.0769. The van der Waals surface area contributed by atoms with Crippen molar-refractivity contribution < 1.29 is 12.8 Å². The number of aryl methyl sites for hydroxylation is 1. The molecule has 0 saturated heterocycles. The minimum Gasteiger partial charge on any atom is -0.399 e. The molecule has 0 aliphatic heterocycles. The van der Waals surface area contributed by atoms with E-state index >= 15 is 0 Å². The maximum atomic E-state index is 13.0. The van der Waals surface area contributed by atoms with Crippen molar-refractivity contribution in [2.24, 2.45) is 0 Å². The van der Waals surface area contributed by atoms with Crippen molar-refractivity contribution in [2.75, 3.05) is 5.73 Å². The molecule has 2 rings (SSSR count). The summed E-state index contributed by atoms with van der Waals surface area (Å²) in [7, 11) is -3.66. The van der Waals surface area contributed by atoms with Crippen LogP contribution in [-0.2, 0) is 9.84 Å². The molecule has 0 heterocycles. The number of halogens is 1. The SMILES string of the molecule is Cc1cc(F)ccc1S(=O)(=O)c1cccc(N)c1. The van der Waals surface area contributed by atoms with Gasteiger partial charge in [0, 0.05) is 5.69 Å². The van der Waals surface area contributed by atoms with Crippen LogP contribution in [0.5, 0.6) is 0 Å². The molecule has 0 atom stereocenters. The molecule has 0 amide bonds. The van der Waals surface area contributed by atoms with E-state index in [0.717, 1.165) is 6.07 Å². The van der Waals surface area contributed by atoms with Gasteiger partial charge in [-0.2, -0.15) is 0 Å². The van der Waals surface area contributed by atoms with Gasteiger partial charge in [-0.05, 0) is 48.9 Å². The predicted molar refractivity (Wildman–Crippen MR) is 67.4 cm³/mol. The highest BCUT2D eigenvalue weighted by molar-refractivity contribution is 7.91. The zero-order chi connectivity index (χ0) is 13.3. The molecule has 2 aromatic rings. The van der Waals surface area contributed by atoms with Crippen LogP contribution in [0.3, 0.4) is 0 Å². The van der Waals surface area contributed by atoms with Crippen molar-refractivity contribution in [3.05, 3.63) is 53.8 Å². The second kappa shape index (κ2) is 4.42. The van der Waals surface area contributed by atoms with Crippen molar-refractivity contribution in [2.45, 2.75) is 16.7 Å². The molecule has 0 aliphatic carbocycles. The van der Waals surface area contributed by atoms with E-state index in [1.165, 1.54) is 24.3 Å². The second-order valence-corrected chi connectivity index (χ2v) is 5.90. The van der Waals surface area contributed by atoms with Gasteiger partial charge in [-0.1, -0.05) is 6.07 Å². The quantitative estimate of drug-likeness (QED) is 0.670. The number of hydrogen-bond acceptors (Lipinski definition) is 3. The summed E-state index contributed by atoms with van der Waals surface area (Å²) < 4.78 is 37.7. The molecular weight excluding hydrogens is 253 g/mol. The summed E-state index contributed by atoms with van der Waals surface area (Å²) in [5.41, 5.74) is 6.31. The third-order valence-corrected chi connectivity index (χ3v) is 4.51.